The summed E-state index contributed by atoms with van der Waals surface area (Å²) in [6.07, 6.45) is 6.74. The van der Waals surface area contributed by atoms with Gasteiger partial charge in [-0.25, -0.2) is 14.0 Å². The molecule has 3 aliphatic rings. The van der Waals surface area contributed by atoms with Crippen LogP contribution in [0.5, 0.6) is 0 Å². The number of ether oxygens (including phenoxy) is 3. The van der Waals surface area contributed by atoms with Crippen LogP contribution in [0.15, 0.2) is 24.3 Å². The molecule has 1 aromatic heterocycles. The largest absolute Gasteiger partial charge is 0.511 e. The highest BCUT2D eigenvalue weighted by Gasteiger charge is 2.47. The van der Waals surface area contributed by atoms with Crippen molar-refractivity contribution in [1.29, 1.82) is 0 Å². The lowest BCUT2D eigenvalue weighted by atomic mass is 9.76. The van der Waals surface area contributed by atoms with E-state index < -0.39 is 37.2 Å². The van der Waals surface area contributed by atoms with Crippen LogP contribution >= 0.6 is 0 Å². The number of amides is 2. The number of aromatic amines is 1. The Hall–Kier alpha value is -3.67. The van der Waals surface area contributed by atoms with E-state index in [2.05, 4.69) is 10.3 Å². The molecule has 4 N–H and O–H groups in total. The lowest BCUT2D eigenvalue weighted by molar-refractivity contribution is -0.142. The Balaban J connectivity index is 1.27. The van der Waals surface area contributed by atoms with E-state index in [1.165, 1.54) is 13.3 Å². The summed E-state index contributed by atoms with van der Waals surface area (Å²) >= 11 is 0. The summed E-state index contributed by atoms with van der Waals surface area (Å²) in [7, 11) is 0. The molecule has 1 saturated heterocycles. The molecule has 0 bridgehead atoms. The number of alkyl halides is 1. The molecule has 0 spiro atoms. The van der Waals surface area contributed by atoms with Crippen molar-refractivity contribution in [2.24, 2.45) is 29.4 Å². The number of rotatable bonds is 10. The third-order valence-corrected chi connectivity index (χ3v) is 10.1. The van der Waals surface area contributed by atoms with E-state index >= 15 is 0 Å². The Bertz CT molecular complexity index is 1420. The topological polar surface area (TPSA) is 153 Å². The Morgan fingerprint density at radius 3 is 2.36 bits per heavy atom. The summed E-state index contributed by atoms with van der Waals surface area (Å²) in [5.41, 5.74) is 7.32. The zero-order valence-electron chi connectivity index (χ0n) is 27.7. The van der Waals surface area contributed by atoms with E-state index in [0.717, 1.165) is 44.9 Å². The molecule has 5 rings (SSSR count). The van der Waals surface area contributed by atoms with E-state index in [0.29, 0.717) is 41.9 Å². The first kappa shape index (κ1) is 34.7. The molecule has 47 heavy (non-hydrogen) atoms. The van der Waals surface area contributed by atoms with Gasteiger partial charge in [0.25, 0.3) is 0 Å². The zero-order valence-corrected chi connectivity index (χ0v) is 27.7. The van der Waals surface area contributed by atoms with Crippen LogP contribution in [-0.2, 0) is 23.8 Å². The molecule has 258 valence electrons. The van der Waals surface area contributed by atoms with Crippen molar-refractivity contribution in [2.75, 3.05) is 18.5 Å². The fourth-order valence-electron chi connectivity index (χ4n) is 7.74. The quantitative estimate of drug-likeness (QED) is 0.206. The third-order valence-electron chi connectivity index (χ3n) is 10.1. The van der Waals surface area contributed by atoms with Gasteiger partial charge in [0.15, 0.2) is 0 Å². The maximum atomic E-state index is 14.1. The normalized spacial score (nSPS) is 24.9. The number of nitrogens with one attached hydrogen (secondary N) is 2. The molecule has 2 amide bonds. The van der Waals surface area contributed by atoms with Gasteiger partial charge < -0.3 is 35.1 Å². The highest BCUT2D eigenvalue weighted by molar-refractivity contribution is 6.01. The molecule has 11 nitrogen and oxygen atoms in total. The molecular formula is C35H49FN4O7. The van der Waals surface area contributed by atoms with Gasteiger partial charge in [-0.3, -0.25) is 9.59 Å². The molecule has 2 aromatic rings. The number of hydrogen-bond donors (Lipinski definition) is 3. The van der Waals surface area contributed by atoms with Gasteiger partial charge in [0.05, 0.1) is 6.10 Å². The number of carbonyl (C=O) groups is 4. The van der Waals surface area contributed by atoms with Crippen molar-refractivity contribution in [3.05, 3.63) is 30.0 Å². The first-order valence-electron chi connectivity index (χ1n) is 17.2. The summed E-state index contributed by atoms with van der Waals surface area (Å²) in [6.45, 7) is 4.78. The molecule has 1 aromatic carbocycles. The van der Waals surface area contributed by atoms with Crippen LogP contribution in [-0.4, -0.2) is 71.5 Å². The molecule has 3 fully saturated rings. The highest BCUT2D eigenvalue weighted by Crippen LogP contribution is 2.41. The first-order chi connectivity index (χ1) is 22.5. The summed E-state index contributed by atoms with van der Waals surface area (Å²) in [5, 5.41) is 3.75. The molecule has 2 saturated carbocycles. The van der Waals surface area contributed by atoms with Crippen LogP contribution in [0.1, 0.15) is 95.5 Å². The number of fused-ring (bicyclic) bond motifs is 1. The number of nitrogens with two attached hydrogens (primary N) is 1. The van der Waals surface area contributed by atoms with Crippen LogP contribution in [0.25, 0.3) is 10.9 Å². The van der Waals surface area contributed by atoms with Gasteiger partial charge >= 0.3 is 12.1 Å². The van der Waals surface area contributed by atoms with Gasteiger partial charge in [0, 0.05) is 42.0 Å². The molecule has 4 atom stereocenters. The monoisotopic (exact) mass is 656 g/mol. The summed E-state index contributed by atoms with van der Waals surface area (Å²) in [4.78, 5) is 57.3. The zero-order chi connectivity index (χ0) is 33.7. The SMILES string of the molecule is CC(C)OC(=O)OC(C)OC(=O)c1cc2cc(NC(=O)[C@@H]3[C@H](C4CCCCC4)CCN3C(=O)[C@H]3CC[C@H]([C@H](N)CF)CC3)ccc2[nH]1. The number of halogens is 1. The highest BCUT2D eigenvalue weighted by atomic mass is 19.1. The Kier molecular flexibility index (Phi) is 11.4. The molecule has 2 aliphatic carbocycles. The fourth-order valence-corrected chi connectivity index (χ4v) is 7.74. The van der Waals surface area contributed by atoms with E-state index in [-0.39, 0.29) is 41.4 Å². The van der Waals surface area contributed by atoms with E-state index in [4.69, 9.17) is 19.9 Å². The number of aromatic nitrogens is 1. The Morgan fingerprint density at radius 2 is 1.68 bits per heavy atom. The fraction of sp³-hybridized carbons (Fsp3) is 0.657. The Morgan fingerprint density at radius 1 is 0.957 bits per heavy atom. The second kappa shape index (κ2) is 15.5. The minimum atomic E-state index is -1.16. The minimum absolute atomic E-state index is 0.0237. The van der Waals surface area contributed by atoms with Crippen LogP contribution in [0.3, 0.4) is 0 Å². The number of H-pyrrole nitrogens is 1. The summed E-state index contributed by atoms with van der Waals surface area (Å²) in [6, 6.07) is 5.85. The van der Waals surface area contributed by atoms with E-state index in [9.17, 15) is 23.6 Å². The van der Waals surface area contributed by atoms with Gasteiger partial charge in [0.2, 0.25) is 18.1 Å². The van der Waals surface area contributed by atoms with E-state index in [1.807, 2.05) is 4.90 Å². The number of hydrogen-bond acceptors (Lipinski definition) is 8. The van der Waals surface area contributed by atoms with Crippen molar-refractivity contribution < 1.29 is 37.8 Å². The molecule has 2 heterocycles. The van der Waals surface area contributed by atoms with Crippen molar-refractivity contribution in [1.82, 2.24) is 9.88 Å². The molecule has 12 heteroatoms. The Labute approximate surface area is 275 Å². The van der Waals surface area contributed by atoms with Crippen LogP contribution in [0, 0.1) is 23.7 Å². The maximum Gasteiger partial charge on any atom is 0.511 e. The third kappa shape index (κ3) is 8.44. The van der Waals surface area contributed by atoms with Crippen LogP contribution in [0.4, 0.5) is 14.9 Å². The number of likely N-dealkylation sites (tertiary alicyclic amines) is 1. The van der Waals surface area contributed by atoms with E-state index in [1.54, 1.807) is 38.1 Å². The number of esters is 1. The van der Waals surface area contributed by atoms with Gasteiger partial charge in [-0.2, -0.15) is 0 Å². The van der Waals surface area contributed by atoms with Crippen LogP contribution < -0.4 is 11.1 Å². The average Bonchev–Trinajstić information content (AvgIpc) is 3.69. The molecular weight excluding hydrogens is 607 g/mol. The summed E-state index contributed by atoms with van der Waals surface area (Å²) < 4.78 is 28.3. The minimum Gasteiger partial charge on any atom is -0.431 e. The predicted molar refractivity (Wildman–Crippen MR) is 174 cm³/mol. The number of carbonyl (C=O) groups excluding carboxylic acids is 4. The molecule has 0 radical (unpaired) electrons. The first-order valence-corrected chi connectivity index (χ1v) is 17.2. The second-order valence-electron chi connectivity index (χ2n) is 13.7. The number of benzene rings is 1. The second-order valence-corrected chi connectivity index (χ2v) is 13.7. The lowest BCUT2D eigenvalue weighted by Gasteiger charge is -2.36. The van der Waals surface area contributed by atoms with Gasteiger partial charge in [0.1, 0.15) is 18.4 Å². The van der Waals surface area contributed by atoms with Crippen molar-refractivity contribution in [3.8, 4) is 0 Å². The number of anilines is 1. The van der Waals surface area contributed by atoms with Gasteiger partial charge in [-0.05, 0) is 88.0 Å². The van der Waals surface area contributed by atoms with Gasteiger partial charge in [-0.1, -0.05) is 32.1 Å². The standard InChI is InChI=1S/C35H49FN4O7/c1-20(2)45-35(44)47-21(3)46-34(43)30-18-25-17-26(13-14-29(25)39-30)38-32(41)31-27(22-7-5-4-6-8-22)15-16-40(31)33(42)24-11-9-23(10-12-24)28(37)19-36/h13-14,17-18,20-24,27-28,31,39H,4-12,15-16,19,37H2,1-3H3,(H,38,41)/t21?,23-,24-,27-,28+,31-/m0/s1. The molecule has 1 aliphatic heterocycles. The van der Waals surface area contributed by atoms with Gasteiger partial charge in [-0.15, -0.1) is 0 Å². The van der Waals surface area contributed by atoms with Crippen LogP contribution in [0.2, 0.25) is 0 Å². The van der Waals surface area contributed by atoms with Crippen molar-refractivity contribution in [3.63, 3.8) is 0 Å². The maximum absolute atomic E-state index is 14.1. The molecule has 1 unspecified atom stereocenters. The van der Waals surface area contributed by atoms with Crippen molar-refractivity contribution >= 4 is 40.5 Å². The van der Waals surface area contributed by atoms with Crippen molar-refractivity contribution in [2.45, 2.75) is 109 Å². The average molecular weight is 657 g/mol. The summed E-state index contributed by atoms with van der Waals surface area (Å²) in [5.74, 6) is -0.490. The lowest BCUT2D eigenvalue weighted by Crippen LogP contribution is -2.50. The smallest absolute Gasteiger partial charge is 0.431 e. The number of nitrogens with zero attached hydrogens (tertiary/aromatic N) is 1. The predicted octanol–water partition coefficient (Wildman–Crippen LogP) is 6.07.